The Hall–Kier alpha value is -1.51. The average Bonchev–Trinajstić information content (AvgIpc) is 2.09. The summed E-state index contributed by atoms with van der Waals surface area (Å²) in [7, 11) is 5.54. The lowest BCUT2D eigenvalue weighted by molar-refractivity contribution is 0.612. The molecule has 0 aliphatic heterocycles. The van der Waals surface area contributed by atoms with Crippen LogP contribution in [0.5, 0.6) is 0 Å². The lowest BCUT2D eigenvalue weighted by Crippen LogP contribution is -2.45. The number of aryl methyl sites for hydroxylation is 1. The van der Waals surface area contributed by atoms with Gasteiger partial charge < -0.3 is 9.47 Å². The molecule has 14 heavy (non-hydrogen) atoms. The molecular formula is C11H16N2O. The summed E-state index contributed by atoms with van der Waals surface area (Å²) >= 11 is 0. The van der Waals surface area contributed by atoms with Crippen LogP contribution in [-0.4, -0.2) is 23.6 Å². The van der Waals surface area contributed by atoms with Gasteiger partial charge in [-0.3, -0.25) is 4.79 Å². The van der Waals surface area contributed by atoms with Crippen molar-refractivity contribution >= 4 is 12.8 Å². The van der Waals surface area contributed by atoms with E-state index in [1.807, 2.05) is 32.0 Å². The minimum Gasteiger partial charge on any atom is -0.383 e. The third-order valence-electron chi connectivity index (χ3n) is 2.18. The van der Waals surface area contributed by atoms with Crippen LogP contribution >= 0.6 is 0 Å². The number of aromatic nitrogens is 1. The van der Waals surface area contributed by atoms with Crippen LogP contribution in [0.25, 0.3) is 12.8 Å². The molecule has 0 radical (unpaired) electrons. The predicted molar refractivity (Wildman–Crippen MR) is 59.3 cm³/mol. The summed E-state index contributed by atoms with van der Waals surface area (Å²) in [6, 6.07) is 1.91. The highest BCUT2D eigenvalue weighted by Crippen LogP contribution is 1.82. The number of rotatable bonds is 1. The van der Waals surface area contributed by atoms with E-state index in [1.165, 1.54) is 0 Å². The Kier molecular flexibility index (Phi) is 2.79. The van der Waals surface area contributed by atoms with E-state index in [2.05, 4.69) is 6.58 Å². The van der Waals surface area contributed by atoms with Crippen LogP contribution in [0, 0.1) is 6.92 Å². The monoisotopic (exact) mass is 192 g/mol. The first kappa shape index (κ1) is 10.6. The highest BCUT2D eigenvalue weighted by Gasteiger charge is 1.98. The van der Waals surface area contributed by atoms with E-state index in [4.69, 9.17) is 0 Å². The summed E-state index contributed by atoms with van der Waals surface area (Å²) in [6.45, 7) is 5.76. The molecule has 0 atom stereocenters. The first-order valence-electron chi connectivity index (χ1n) is 4.47. The van der Waals surface area contributed by atoms with E-state index in [9.17, 15) is 4.79 Å². The Labute approximate surface area is 83.6 Å². The zero-order valence-electron chi connectivity index (χ0n) is 9.16. The van der Waals surface area contributed by atoms with Crippen molar-refractivity contribution in [3.63, 3.8) is 0 Å². The fraction of sp³-hybridized carbons (Fsp3) is 0.364. The molecule has 3 nitrogen and oxygen atoms in total. The zero-order chi connectivity index (χ0) is 10.9. The van der Waals surface area contributed by atoms with Crippen LogP contribution < -0.4 is 16.0 Å². The Morgan fingerprint density at radius 3 is 2.57 bits per heavy atom. The van der Waals surface area contributed by atoms with Crippen molar-refractivity contribution in [1.82, 2.24) is 9.47 Å². The van der Waals surface area contributed by atoms with Gasteiger partial charge in [-0.1, -0.05) is 6.58 Å². The van der Waals surface area contributed by atoms with E-state index >= 15 is 0 Å². The SMILES string of the molecule is C=c1cc(C)n(C)c(=O)/c1=C/N(C)C. The maximum Gasteiger partial charge on any atom is 0.259 e. The van der Waals surface area contributed by atoms with Gasteiger partial charge in [0.05, 0.1) is 5.22 Å². The molecule has 3 heteroatoms. The van der Waals surface area contributed by atoms with E-state index < -0.39 is 0 Å². The minimum atomic E-state index is 0.00343. The Balaban J connectivity index is 3.71. The van der Waals surface area contributed by atoms with Gasteiger partial charge in [0.25, 0.3) is 5.56 Å². The summed E-state index contributed by atoms with van der Waals surface area (Å²) in [5, 5.41) is 1.43. The van der Waals surface area contributed by atoms with E-state index in [1.54, 1.807) is 17.8 Å². The Morgan fingerprint density at radius 1 is 1.50 bits per heavy atom. The Bertz CT molecular complexity index is 497. The molecule has 0 N–H and O–H groups in total. The molecule has 76 valence electrons. The molecule has 0 amide bonds. The second kappa shape index (κ2) is 3.70. The maximum absolute atomic E-state index is 11.8. The van der Waals surface area contributed by atoms with Crippen molar-refractivity contribution in [1.29, 1.82) is 0 Å². The lowest BCUT2D eigenvalue weighted by atomic mass is 10.2. The van der Waals surface area contributed by atoms with Crippen molar-refractivity contribution in [3.8, 4) is 0 Å². The zero-order valence-corrected chi connectivity index (χ0v) is 9.16. The van der Waals surface area contributed by atoms with Crippen molar-refractivity contribution < 1.29 is 0 Å². The molecule has 0 spiro atoms. The van der Waals surface area contributed by atoms with Crippen LogP contribution in [0.2, 0.25) is 0 Å². The van der Waals surface area contributed by atoms with Crippen LogP contribution in [0.3, 0.4) is 0 Å². The highest BCUT2D eigenvalue weighted by atomic mass is 16.1. The molecule has 0 saturated heterocycles. The fourth-order valence-electron chi connectivity index (χ4n) is 1.30. The fourth-order valence-corrected chi connectivity index (χ4v) is 1.30. The quantitative estimate of drug-likeness (QED) is 0.594. The molecule has 1 heterocycles. The summed E-state index contributed by atoms with van der Waals surface area (Å²) in [6.07, 6.45) is 1.80. The molecule has 0 aromatic carbocycles. The van der Waals surface area contributed by atoms with Crippen LogP contribution in [-0.2, 0) is 7.05 Å². The van der Waals surface area contributed by atoms with E-state index in [0.717, 1.165) is 10.9 Å². The molecule has 0 saturated carbocycles. The standard InChI is InChI=1S/C11H16N2O/c1-8-6-9(2)13(5)11(14)10(8)7-12(3)4/h6-7H,1H2,2-5H3/b10-7+. The normalized spacial score (nSPS) is 11.9. The molecular weight excluding hydrogens is 176 g/mol. The number of hydrogen-bond acceptors (Lipinski definition) is 2. The smallest absolute Gasteiger partial charge is 0.259 e. The minimum absolute atomic E-state index is 0.00343. The van der Waals surface area contributed by atoms with Gasteiger partial charge in [0, 0.05) is 33.0 Å². The molecule has 0 unspecified atom stereocenters. The van der Waals surface area contributed by atoms with Crippen LogP contribution in [0.1, 0.15) is 5.69 Å². The van der Waals surface area contributed by atoms with Gasteiger partial charge in [-0.05, 0) is 18.2 Å². The first-order valence-corrected chi connectivity index (χ1v) is 4.47. The maximum atomic E-state index is 11.8. The second-order valence-corrected chi connectivity index (χ2v) is 3.68. The topological polar surface area (TPSA) is 25.2 Å². The van der Waals surface area contributed by atoms with E-state index in [0.29, 0.717) is 5.22 Å². The average molecular weight is 192 g/mol. The van der Waals surface area contributed by atoms with Gasteiger partial charge in [-0.15, -0.1) is 0 Å². The molecule has 1 rings (SSSR count). The van der Waals surface area contributed by atoms with Gasteiger partial charge in [-0.2, -0.15) is 0 Å². The molecule has 0 aliphatic rings. The van der Waals surface area contributed by atoms with Crippen LogP contribution in [0.4, 0.5) is 0 Å². The number of nitrogens with zero attached hydrogens (tertiary/aromatic N) is 2. The van der Waals surface area contributed by atoms with Gasteiger partial charge in [0.2, 0.25) is 0 Å². The molecule has 0 aliphatic carbocycles. The van der Waals surface area contributed by atoms with Crippen molar-refractivity contribution in [3.05, 3.63) is 32.6 Å². The predicted octanol–water partition coefficient (Wildman–Crippen LogP) is -0.596. The first-order chi connectivity index (χ1) is 6.43. The van der Waals surface area contributed by atoms with Crippen molar-refractivity contribution in [2.75, 3.05) is 14.1 Å². The van der Waals surface area contributed by atoms with Gasteiger partial charge in [-0.25, -0.2) is 0 Å². The largest absolute Gasteiger partial charge is 0.383 e. The summed E-state index contributed by atoms with van der Waals surface area (Å²) in [4.78, 5) is 13.7. The lowest BCUT2D eigenvalue weighted by Gasteiger charge is -2.06. The summed E-state index contributed by atoms with van der Waals surface area (Å²) in [5.74, 6) is 0. The third-order valence-corrected chi connectivity index (χ3v) is 2.18. The summed E-state index contributed by atoms with van der Waals surface area (Å²) in [5.41, 5.74) is 0.930. The van der Waals surface area contributed by atoms with Crippen LogP contribution in [0.15, 0.2) is 10.9 Å². The van der Waals surface area contributed by atoms with Gasteiger partial charge >= 0.3 is 0 Å². The van der Waals surface area contributed by atoms with Gasteiger partial charge in [0.1, 0.15) is 0 Å². The molecule has 0 fully saturated rings. The number of hydrogen-bond donors (Lipinski definition) is 0. The van der Waals surface area contributed by atoms with Crippen molar-refractivity contribution in [2.24, 2.45) is 7.05 Å². The van der Waals surface area contributed by atoms with E-state index in [-0.39, 0.29) is 5.56 Å². The van der Waals surface area contributed by atoms with Crippen molar-refractivity contribution in [2.45, 2.75) is 6.92 Å². The third kappa shape index (κ3) is 1.87. The highest BCUT2D eigenvalue weighted by molar-refractivity contribution is 5.24. The number of pyridine rings is 1. The molecule has 1 aromatic heterocycles. The molecule has 0 bridgehead atoms. The molecule has 1 aromatic rings. The Morgan fingerprint density at radius 2 is 2.07 bits per heavy atom. The van der Waals surface area contributed by atoms with Gasteiger partial charge in [0.15, 0.2) is 0 Å². The summed E-state index contributed by atoms with van der Waals surface area (Å²) < 4.78 is 1.63. The second-order valence-electron chi connectivity index (χ2n) is 3.68.